The number of anilines is 1. The van der Waals surface area contributed by atoms with E-state index in [0.717, 1.165) is 15.7 Å². The lowest BCUT2D eigenvalue weighted by Crippen LogP contribution is -2.27. The molecule has 2 nitrogen and oxygen atoms in total. The quantitative estimate of drug-likeness (QED) is 0.794. The molecule has 1 atom stereocenters. The van der Waals surface area contributed by atoms with Gasteiger partial charge in [0, 0.05) is 10.2 Å². The standard InChI is InChI=1S/C16H14BrNOS/c1-11-4-2-7-14(8-11)18-15(19)10-20-16(18)12-5-3-6-13(17)9-12/h2-9,16H,10H2,1H3/t16-/m0/s1. The number of rotatable bonds is 2. The Morgan fingerprint density at radius 3 is 2.75 bits per heavy atom. The van der Waals surface area contributed by atoms with Gasteiger partial charge in [0.2, 0.25) is 5.91 Å². The summed E-state index contributed by atoms with van der Waals surface area (Å²) in [5.74, 6) is 0.705. The molecule has 0 spiro atoms. The maximum atomic E-state index is 12.2. The summed E-state index contributed by atoms with van der Waals surface area (Å²) in [7, 11) is 0. The number of benzene rings is 2. The van der Waals surface area contributed by atoms with Crippen LogP contribution in [0.1, 0.15) is 16.5 Å². The first kappa shape index (κ1) is 13.7. The molecule has 0 bridgehead atoms. The first-order valence-electron chi connectivity index (χ1n) is 6.41. The van der Waals surface area contributed by atoms with Crippen molar-refractivity contribution in [3.8, 4) is 0 Å². The average molecular weight is 348 g/mol. The highest BCUT2D eigenvalue weighted by atomic mass is 79.9. The minimum atomic E-state index is 0.0572. The number of halogens is 1. The summed E-state index contributed by atoms with van der Waals surface area (Å²) in [6.45, 7) is 2.05. The number of carbonyl (C=O) groups is 1. The summed E-state index contributed by atoms with van der Waals surface area (Å²) in [5, 5.41) is 0.0572. The molecule has 1 aliphatic rings. The molecule has 1 saturated heterocycles. The van der Waals surface area contributed by atoms with Crippen LogP contribution in [-0.4, -0.2) is 11.7 Å². The fourth-order valence-corrected chi connectivity index (χ4v) is 3.97. The van der Waals surface area contributed by atoms with Crippen LogP contribution in [0.25, 0.3) is 0 Å². The van der Waals surface area contributed by atoms with Crippen LogP contribution in [0, 0.1) is 6.92 Å². The van der Waals surface area contributed by atoms with Crippen LogP contribution >= 0.6 is 27.7 Å². The van der Waals surface area contributed by atoms with E-state index in [2.05, 4.69) is 34.1 Å². The molecule has 0 aromatic heterocycles. The molecule has 4 heteroatoms. The number of amides is 1. The van der Waals surface area contributed by atoms with E-state index in [4.69, 9.17) is 0 Å². The normalized spacial score (nSPS) is 18.6. The van der Waals surface area contributed by atoms with Gasteiger partial charge in [-0.2, -0.15) is 0 Å². The number of carbonyl (C=O) groups excluding carboxylic acids is 1. The van der Waals surface area contributed by atoms with Crippen LogP contribution in [-0.2, 0) is 4.79 Å². The SMILES string of the molecule is Cc1cccc(N2C(=O)CS[C@H]2c2cccc(Br)c2)c1. The first-order valence-corrected chi connectivity index (χ1v) is 8.25. The fourth-order valence-electron chi connectivity index (χ4n) is 2.39. The third-order valence-electron chi connectivity index (χ3n) is 3.28. The molecule has 0 saturated carbocycles. The lowest BCUT2D eigenvalue weighted by Gasteiger charge is -2.24. The first-order chi connectivity index (χ1) is 9.65. The summed E-state index contributed by atoms with van der Waals surface area (Å²) < 4.78 is 1.04. The van der Waals surface area contributed by atoms with Crippen molar-refractivity contribution in [1.82, 2.24) is 0 Å². The molecule has 0 unspecified atom stereocenters. The fraction of sp³-hybridized carbons (Fsp3) is 0.188. The number of thioether (sulfide) groups is 1. The Morgan fingerprint density at radius 1 is 1.20 bits per heavy atom. The predicted octanol–water partition coefficient (Wildman–Crippen LogP) is 4.54. The van der Waals surface area contributed by atoms with Crippen molar-refractivity contribution in [2.45, 2.75) is 12.3 Å². The maximum Gasteiger partial charge on any atom is 0.238 e. The van der Waals surface area contributed by atoms with Crippen molar-refractivity contribution in [3.63, 3.8) is 0 Å². The van der Waals surface area contributed by atoms with Crippen molar-refractivity contribution in [2.24, 2.45) is 0 Å². The Kier molecular flexibility index (Phi) is 3.85. The van der Waals surface area contributed by atoms with Gasteiger partial charge in [-0.3, -0.25) is 9.69 Å². The second kappa shape index (κ2) is 5.62. The van der Waals surface area contributed by atoms with Gasteiger partial charge in [0.1, 0.15) is 5.37 Å². The molecule has 1 aliphatic heterocycles. The summed E-state index contributed by atoms with van der Waals surface area (Å²) in [6.07, 6.45) is 0. The van der Waals surface area contributed by atoms with Crippen LogP contribution in [0.3, 0.4) is 0 Å². The van der Waals surface area contributed by atoms with Gasteiger partial charge < -0.3 is 0 Å². The molecule has 3 rings (SSSR count). The van der Waals surface area contributed by atoms with Gasteiger partial charge in [0.05, 0.1) is 5.75 Å². The Morgan fingerprint density at radius 2 is 2.00 bits per heavy atom. The zero-order chi connectivity index (χ0) is 14.1. The van der Waals surface area contributed by atoms with E-state index in [1.165, 1.54) is 5.56 Å². The molecule has 1 heterocycles. The largest absolute Gasteiger partial charge is 0.295 e. The van der Waals surface area contributed by atoms with Gasteiger partial charge in [0.25, 0.3) is 0 Å². The number of aryl methyl sites for hydroxylation is 1. The Labute approximate surface area is 131 Å². The zero-order valence-corrected chi connectivity index (χ0v) is 13.4. The maximum absolute atomic E-state index is 12.2. The highest BCUT2D eigenvalue weighted by molar-refractivity contribution is 9.10. The number of hydrogen-bond donors (Lipinski definition) is 0. The van der Waals surface area contributed by atoms with Crippen LogP contribution in [0.2, 0.25) is 0 Å². The van der Waals surface area contributed by atoms with Crippen LogP contribution < -0.4 is 4.90 Å². The van der Waals surface area contributed by atoms with Crippen LogP contribution in [0.5, 0.6) is 0 Å². The number of nitrogens with zero attached hydrogens (tertiary/aromatic N) is 1. The summed E-state index contributed by atoms with van der Waals surface area (Å²) in [5.41, 5.74) is 3.29. The summed E-state index contributed by atoms with van der Waals surface area (Å²) in [6, 6.07) is 16.3. The average Bonchev–Trinajstić information content (AvgIpc) is 2.80. The van der Waals surface area contributed by atoms with E-state index in [9.17, 15) is 4.79 Å². The number of hydrogen-bond acceptors (Lipinski definition) is 2. The summed E-state index contributed by atoms with van der Waals surface area (Å²) in [4.78, 5) is 14.2. The molecular formula is C16H14BrNOS. The lowest BCUT2D eigenvalue weighted by molar-refractivity contribution is -0.115. The van der Waals surface area contributed by atoms with E-state index in [-0.39, 0.29) is 11.3 Å². The second-order valence-corrected chi connectivity index (χ2v) is 6.81. The molecule has 1 amide bonds. The smallest absolute Gasteiger partial charge is 0.238 e. The van der Waals surface area contributed by atoms with Crippen molar-refractivity contribution in [2.75, 3.05) is 10.7 Å². The minimum Gasteiger partial charge on any atom is -0.295 e. The van der Waals surface area contributed by atoms with Crippen molar-refractivity contribution >= 4 is 39.3 Å². The van der Waals surface area contributed by atoms with Gasteiger partial charge in [-0.15, -0.1) is 11.8 Å². The van der Waals surface area contributed by atoms with Crippen molar-refractivity contribution < 1.29 is 4.79 Å². The topological polar surface area (TPSA) is 20.3 Å². The Bertz CT molecular complexity index is 658. The minimum absolute atomic E-state index is 0.0572. The molecule has 0 aliphatic carbocycles. The Balaban J connectivity index is 2.01. The predicted molar refractivity (Wildman–Crippen MR) is 88.0 cm³/mol. The summed E-state index contributed by atoms with van der Waals surface area (Å²) >= 11 is 5.18. The van der Waals surface area contributed by atoms with E-state index in [1.807, 2.05) is 42.2 Å². The highest BCUT2D eigenvalue weighted by Crippen LogP contribution is 2.42. The van der Waals surface area contributed by atoms with E-state index in [1.54, 1.807) is 11.8 Å². The zero-order valence-electron chi connectivity index (χ0n) is 11.0. The second-order valence-electron chi connectivity index (χ2n) is 4.82. The molecule has 20 heavy (non-hydrogen) atoms. The van der Waals surface area contributed by atoms with Gasteiger partial charge in [0.15, 0.2) is 0 Å². The van der Waals surface area contributed by atoms with Gasteiger partial charge in [-0.1, -0.05) is 40.2 Å². The molecule has 1 fully saturated rings. The van der Waals surface area contributed by atoms with E-state index >= 15 is 0 Å². The van der Waals surface area contributed by atoms with E-state index < -0.39 is 0 Å². The molecule has 2 aromatic rings. The van der Waals surface area contributed by atoms with Gasteiger partial charge in [-0.05, 0) is 42.3 Å². The third kappa shape index (κ3) is 2.63. The third-order valence-corrected chi connectivity index (χ3v) is 4.99. The molecule has 0 N–H and O–H groups in total. The highest BCUT2D eigenvalue weighted by Gasteiger charge is 2.34. The lowest BCUT2D eigenvalue weighted by atomic mass is 10.1. The van der Waals surface area contributed by atoms with Crippen LogP contribution in [0.4, 0.5) is 5.69 Å². The van der Waals surface area contributed by atoms with Crippen molar-refractivity contribution in [1.29, 1.82) is 0 Å². The molecule has 102 valence electrons. The van der Waals surface area contributed by atoms with E-state index in [0.29, 0.717) is 5.75 Å². The molecule has 0 radical (unpaired) electrons. The monoisotopic (exact) mass is 347 g/mol. The van der Waals surface area contributed by atoms with Gasteiger partial charge >= 0.3 is 0 Å². The van der Waals surface area contributed by atoms with Gasteiger partial charge in [-0.25, -0.2) is 0 Å². The van der Waals surface area contributed by atoms with Crippen molar-refractivity contribution in [3.05, 3.63) is 64.1 Å². The molecular weight excluding hydrogens is 334 g/mol. The molecule has 2 aromatic carbocycles. The Hall–Kier alpha value is -1.26. The van der Waals surface area contributed by atoms with Crippen LogP contribution in [0.15, 0.2) is 53.0 Å².